The van der Waals surface area contributed by atoms with Gasteiger partial charge in [0.2, 0.25) is 23.3 Å². The van der Waals surface area contributed by atoms with Gasteiger partial charge < -0.3 is 14.3 Å². The van der Waals surface area contributed by atoms with Crippen molar-refractivity contribution >= 4 is 28.5 Å². The summed E-state index contributed by atoms with van der Waals surface area (Å²) in [6.45, 7) is 2.48. The number of amides is 1. The minimum absolute atomic E-state index is 0.113. The van der Waals surface area contributed by atoms with E-state index in [0.717, 1.165) is 10.8 Å². The Hall–Kier alpha value is -3.28. The van der Waals surface area contributed by atoms with Gasteiger partial charge in [-0.15, -0.1) is 0 Å². The number of fused-ring (bicyclic) bond motifs is 1. The van der Waals surface area contributed by atoms with Gasteiger partial charge in [0.05, 0.1) is 0 Å². The van der Waals surface area contributed by atoms with Gasteiger partial charge in [0.15, 0.2) is 5.76 Å². The summed E-state index contributed by atoms with van der Waals surface area (Å²) in [6.07, 6.45) is 0. The first-order valence-corrected chi connectivity index (χ1v) is 7.27. The van der Waals surface area contributed by atoms with Crippen molar-refractivity contribution < 1.29 is 23.8 Å². The first kappa shape index (κ1) is 15.6. The van der Waals surface area contributed by atoms with Crippen LogP contribution in [0, 0.1) is 0 Å². The second-order valence-corrected chi connectivity index (χ2v) is 5.24. The summed E-state index contributed by atoms with van der Waals surface area (Å²) < 4.78 is 10.6. The van der Waals surface area contributed by atoms with Crippen molar-refractivity contribution in [2.24, 2.45) is 0 Å². The molecule has 0 unspecified atom stereocenters. The third-order valence-electron chi connectivity index (χ3n) is 3.41. The van der Waals surface area contributed by atoms with Gasteiger partial charge in [0.1, 0.15) is 0 Å². The average molecular weight is 325 g/mol. The molecule has 24 heavy (non-hydrogen) atoms. The van der Waals surface area contributed by atoms with E-state index < -0.39 is 11.9 Å². The third-order valence-corrected chi connectivity index (χ3v) is 3.41. The molecule has 0 radical (unpaired) electrons. The molecule has 3 rings (SSSR count). The molecule has 6 nitrogen and oxygen atoms in total. The fraction of sp³-hybridized carbons (Fsp3) is 0.111. The lowest BCUT2D eigenvalue weighted by Crippen LogP contribution is -2.08. The third kappa shape index (κ3) is 2.81. The molecule has 1 aromatic heterocycles. The van der Waals surface area contributed by atoms with Gasteiger partial charge >= 0.3 is 5.97 Å². The van der Waals surface area contributed by atoms with E-state index in [1.165, 1.54) is 13.8 Å². The Morgan fingerprint density at radius 2 is 1.79 bits per heavy atom. The molecular formula is C18H15NO5. The number of ether oxygens (including phenoxy) is 1. The molecule has 122 valence electrons. The van der Waals surface area contributed by atoms with Crippen LogP contribution >= 0.6 is 0 Å². The van der Waals surface area contributed by atoms with Crippen LogP contribution in [0.15, 0.2) is 46.9 Å². The highest BCUT2D eigenvalue weighted by molar-refractivity contribution is 5.99. The van der Waals surface area contributed by atoms with E-state index in [1.54, 1.807) is 6.07 Å². The summed E-state index contributed by atoms with van der Waals surface area (Å²) >= 11 is 0. The molecule has 0 bridgehead atoms. The molecule has 0 aliphatic rings. The van der Waals surface area contributed by atoms with E-state index in [9.17, 15) is 14.7 Å². The smallest absolute Gasteiger partial charge is 0.308 e. The van der Waals surface area contributed by atoms with E-state index in [4.69, 9.17) is 9.15 Å². The fourth-order valence-corrected chi connectivity index (χ4v) is 2.49. The lowest BCUT2D eigenvalue weighted by Gasteiger charge is -2.04. The van der Waals surface area contributed by atoms with Gasteiger partial charge in [0, 0.05) is 19.4 Å². The number of hydrogen-bond acceptors (Lipinski definition) is 5. The lowest BCUT2D eigenvalue weighted by molar-refractivity contribution is -0.132. The van der Waals surface area contributed by atoms with E-state index in [-0.39, 0.29) is 23.1 Å². The first-order chi connectivity index (χ1) is 11.5. The molecule has 0 spiro atoms. The highest BCUT2D eigenvalue weighted by Gasteiger charge is 2.25. The molecule has 0 aliphatic heterocycles. The SMILES string of the molecule is CC(=O)Nc1oc(-c2cccc3ccccc23)c(O)c1OC(C)=O. The van der Waals surface area contributed by atoms with E-state index in [1.807, 2.05) is 36.4 Å². The largest absolute Gasteiger partial charge is 0.502 e. The summed E-state index contributed by atoms with van der Waals surface area (Å²) in [6, 6.07) is 13.1. The van der Waals surface area contributed by atoms with Gasteiger partial charge in [-0.25, -0.2) is 0 Å². The Bertz CT molecular complexity index is 936. The van der Waals surface area contributed by atoms with Crippen molar-refractivity contribution in [3.8, 4) is 22.8 Å². The van der Waals surface area contributed by atoms with Crippen LogP contribution in [-0.4, -0.2) is 17.0 Å². The molecule has 2 N–H and O–H groups in total. The standard InChI is InChI=1S/C18H15NO5/c1-10(20)19-18-17(23-11(2)21)15(22)16(24-18)14-9-5-7-12-6-3-4-8-13(12)14/h3-9,22H,1-2H3,(H,19,20). The average Bonchev–Trinajstić information content (AvgIpc) is 2.82. The monoisotopic (exact) mass is 325 g/mol. The fourth-order valence-electron chi connectivity index (χ4n) is 2.49. The van der Waals surface area contributed by atoms with Crippen molar-refractivity contribution in [1.82, 2.24) is 0 Å². The van der Waals surface area contributed by atoms with Crippen LogP contribution in [-0.2, 0) is 9.59 Å². The van der Waals surface area contributed by atoms with Crippen LogP contribution in [0.4, 0.5) is 5.88 Å². The van der Waals surface area contributed by atoms with Crippen molar-refractivity contribution in [1.29, 1.82) is 0 Å². The lowest BCUT2D eigenvalue weighted by atomic mass is 10.0. The Balaban J connectivity index is 2.22. The number of rotatable bonds is 3. The maximum absolute atomic E-state index is 11.3. The Morgan fingerprint density at radius 1 is 1.08 bits per heavy atom. The molecule has 1 amide bonds. The second kappa shape index (κ2) is 6.08. The van der Waals surface area contributed by atoms with Crippen LogP contribution in [0.5, 0.6) is 11.5 Å². The van der Waals surface area contributed by atoms with Gasteiger partial charge in [-0.3, -0.25) is 14.9 Å². The minimum Gasteiger partial charge on any atom is -0.502 e. The number of furan rings is 1. The number of carbonyl (C=O) groups excluding carboxylic acids is 2. The predicted molar refractivity (Wildman–Crippen MR) is 88.9 cm³/mol. The van der Waals surface area contributed by atoms with Crippen molar-refractivity contribution in [3.63, 3.8) is 0 Å². The van der Waals surface area contributed by atoms with Crippen LogP contribution < -0.4 is 10.1 Å². The number of esters is 1. The Labute approximate surface area is 137 Å². The maximum Gasteiger partial charge on any atom is 0.308 e. The van der Waals surface area contributed by atoms with E-state index >= 15 is 0 Å². The quantitative estimate of drug-likeness (QED) is 0.717. The predicted octanol–water partition coefficient (Wildman–Crippen LogP) is 3.69. The summed E-state index contributed by atoms with van der Waals surface area (Å²) in [5.41, 5.74) is 0.621. The van der Waals surface area contributed by atoms with Gasteiger partial charge in [-0.05, 0) is 10.8 Å². The molecular weight excluding hydrogens is 310 g/mol. The Morgan fingerprint density at radius 3 is 2.50 bits per heavy atom. The molecule has 0 fully saturated rings. The van der Waals surface area contributed by atoms with Crippen molar-refractivity contribution in [2.75, 3.05) is 5.32 Å². The second-order valence-electron chi connectivity index (χ2n) is 5.24. The van der Waals surface area contributed by atoms with Crippen molar-refractivity contribution in [3.05, 3.63) is 42.5 Å². The van der Waals surface area contributed by atoms with Crippen LogP contribution in [0.3, 0.4) is 0 Å². The highest BCUT2D eigenvalue weighted by atomic mass is 16.6. The molecule has 0 saturated carbocycles. The minimum atomic E-state index is -0.637. The number of carbonyl (C=O) groups is 2. The highest BCUT2D eigenvalue weighted by Crippen LogP contribution is 2.47. The number of hydrogen-bond donors (Lipinski definition) is 2. The Kier molecular flexibility index (Phi) is 3.95. The molecule has 0 aliphatic carbocycles. The van der Waals surface area contributed by atoms with Crippen LogP contribution in [0.25, 0.3) is 22.1 Å². The number of nitrogens with one attached hydrogen (secondary N) is 1. The number of anilines is 1. The number of aromatic hydroxyl groups is 1. The maximum atomic E-state index is 11.3. The normalized spacial score (nSPS) is 10.6. The summed E-state index contributed by atoms with van der Waals surface area (Å²) in [5.74, 6) is -1.60. The zero-order valence-corrected chi connectivity index (χ0v) is 13.1. The molecule has 3 aromatic rings. The first-order valence-electron chi connectivity index (χ1n) is 7.27. The van der Waals surface area contributed by atoms with Crippen LogP contribution in [0.1, 0.15) is 13.8 Å². The summed E-state index contributed by atoms with van der Waals surface area (Å²) in [4.78, 5) is 22.6. The van der Waals surface area contributed by atoms with E-state index in [0.29, 0.717) is 5.56 Å². The zero-order chi connectivity index (χ0) is 17.3. The van der Waals surface area contributed by atoms with Gasteiger partial charge in [0.25, 0.3) is 0 Å². The molecule has 0 atom stereocenters. The van der Waals surface area contributed by atoms with Crippen LogP contribution in [0.2, 0.25) is 0 Å². The summed E-state index contributed by atoms with van der Waals surface area (Å²) in [7, 11) is 0. The number of benzene rings is 2. The van der Waals surface area contributed by atoms with Gasteiger partial charge in [-0.1, -0.05) is 42.5 Å². The molecule has 2 aromatic carbocycles. The molecule has 1 heterocycles. The summed E-state index contributed by atoms with van der Waals surface area (Å²) in [5, 5.41) is 14.7. The topological polar surface area (TPSA) is 88.8 Å². The molecule has 0 saturated heterocycles. The molecule has 6 heteroatoms. The van der Waals surface area contributed by atoms with Crippen molar-refractivity contribution in [2.45, 2.75) is 13.8 Å². The zero-order valence-electron chi connectivity index (χ0n) is 13.1. The van der Waals surface area contributed by atoms with E-state index in [2.05, 4.69) is 5.32 Å². The van der Waals surface area contributed by atoms with Gasteiger partial charge in [-0.2, -0.15) is 0 Å².